The lowest BCUT2D eigenvalue weighted by Crippen LogP contribution is -2.09. The van der Waals surface area contributed by atoms with E-state index in [2.05, 4.69) is 22.7 Å². The number of nitrogens with zero attached hydrogens (tertiary/aromatic N) is 2. The molecule has 0 fully saturated rings. The van der Waals surface area contributed by atoms with E-state index in [9.17, 15) is 4.79 Å². The lowest BCUT2D eigenvalue weighted by Gasteiger charge is -2.06. The van der Waals surface area contributed by atoms with Crippen molar-refractivity contribution < 1.29 is 9.53 Å². The fraction of sp³-hybridized carbons (Fsp3) is 0. The van der Waals surface area contributed by atoms with Crippen molar-refractivity contribution in [2.75, 3.05) is 5.43 Å². The summed E-state index contributed by atoms with van der Waals surface area (Å²) in [5.41, 5.74) is 7.15. The lowest BCUT2D eigenvalue weighted by molar-refractivity contribution is 0.0735. The molecule has 0 saturated carbocycles. The van der Waals surface area contributed by atoms with E-state index in [-0.39, 0.29) is 0 Å². The Morgan fingerprint density at radius 1 is 0.861 bits per heavy atom. The van der Waals surface area contributed by atoms with E-state index in [0.717, 1.165) is 27.3 Å². The highest BCUT2D eigenvalue weighted by atomic mass is 35.5. The first kappa shape index (κ1) is 23.5. The zero-order valence-electron chi connectivity index (χ0n) is 19.0. The monoisotopic (exact) mass is 509 g/mol. The van der Waals surface area contributed by atoms with Gasteiger partial charge in [0.05, 0.1) is 27.4 Å². The van der Waals surface area contributed by atoms with E-state index in [4.69, 9.17) is 21.3 Å². The molecular formula is C29H20ClN3O2S. The molecule has 0 unspecified atom stereocenters. The van der Waals surface area contributed by atoms with Crippen LogP contribution >= 0.6 is 22.9 Å². The summed E-state index contributed by atoms with van der Waals surface area (Å²) in [5.74, 6) is -0.117. The molecule has 176 valence electrons. The van der Waals surface area contributed by atoms with Crippen LogP contribution in [0.25, 0.3) is 21.7 Å². The summed E-state index contributed by atoms with van der Waals surface area (Å²) in [6.07, 6.45) is 1.65. The number of thiazole rings is 1. The number of carbonyl (C=O) groups excluding carboxylic acids is 1. The number of esters is 1. The quantitative estimate of drug-likeness (QED) is 0.105. The number of hydrogen-bond acceptors (Lipinski definition) is 6. The van der Waals surface area contributed by atoms with Crippen LogP contribution in [0.2, 0.25) is 5.02 Å². The normalized spacial score (nSPS) is 10.9. The van der Waals surface area contributed by atoms with Crippen LogP contribution in [-0.2, 0) is 0 Å². The molecule has 0 aliphatic carbocycles. The first-order valence-electron chi connectivity index (χ1n) is 11.1. The minimum Gasteiger partial charge on any atom is -0.423 e. The number of aromatic nitrogens is 1. The maximum Gasteiger partial charge on any atom is 0.345 e. The average molecular weight is 510 g/mol. The summed E-state index contributed by atoms with van der Waals surface area (Å²) in [6.45, 7) is 0. The molecule has 4 aromatic carbocycles. The molecule has 0 saturated heterocycles. The zero-order valence-corrected chi connectivity index (χ0v) is 20.5. The highest BCUT2D eigenvalue weighted by Crippen LogP contribution is 2.38. The minimum absolute atomic E-state index is 0.312. The molecule has 1 aromatic heterocycles. The SMILES string of the molecule is O=C(Oc1cccc(/C=N\Nc2nc(-c3ccccc3)c(-c3ccccc3)s2)c1)c1ccccc1Cl. The Balaban J connectivity index is 1.33. The molecule has 36 heavy (non-hydrogen) atoms. The Labute approximate surface area is 217 Å². The second kappa shape index (κ2) is 11.0. The van der Waals surface area contributed by atoms with Crippen LogP contribution in [0, 0.1) is 0 Å². The molecule has 1 heterocycles. The molecule has 0 spiro atoms. The van der Waals surface area contributed by atoms with E-state index in [1.54, 1.807) is 48.7 Å². The van der Waals surface area contributed by atoms with Crippen molar-refractivity contribution in [3.63, 3.8) is 0 Å². The Hall–Kier alpha value is -4.26. The van der Waals surface area contributed by atoms with Crippen molar-refractivity contribution in [3.8, 4) is 27.4 Å². The molecule has 5 nitrogen and oxygen atoms in total. The van der Waals surface area contributed by atoms with Crippen molar-refractivity contribution in [2.24, 2.45) is 5.10 Å². The van der Waals surface area contributed by atoms with Gasteiger partial charge in [-0.2, -0.15) is 5.10 Å². The van der Waals surface area contributed by atoms with Gasteiger partial charge in [0, 0.05) is 5.56 Å². The van der Waals surface area contributed by atoms with Crippen molar-refractivity contribution in [2.45, 2.75) is 0 Å². The number of ether oxygens (including phenoxy) is 1. The molecule has 0 atom stereocenters. The van der Waals surface area contributed by atoms with Gasteiger partial charge in [0.1, 0.15) is 5.75 Å². The van der Waals surface area contributed by atoms with Crippen LogP contribution in [0.5, 0.6) is 5.75 Å². The maximum absolute atomic E-state index is 12.5. The summed E-state index contributed by atoms with van der Waals surface area (Å²) >= 11 is 7.63. The molecule has 5 aromatic rings. The van der Waals surface area contributed by atoms with Crippen molar-refractivity contribution in [1.82, 2.24) is 4.98 Å². The van der Waals surface area contributed by atoms with Gasteiger partial charge in [-0.3, -0.25) is 5.43 Å². The fourth-order valence-corrected chi connectivity index (χ4v) is 4.71. The summed E-state index contributed by atoms with van der Waals surface area (Å²) < 4.78 is 5.49. The second-order valence-electron chi connectivity index (χ2n) is 7.74. The predicted octanol–water partition coefficient (Wildman–Crippen LogP) is 7.80. The second-order valence-corrected chi connectivity index (χ2v) is 9.15. The molecule has 0 bridgehead atoms. The zero-order chi connectivity index (χ0) is 24.7. The Bertz CT molecular complexity index is 1460. The number of nitrogens with one attached hydrogen (secondary N) is 1. The van der Waals surface area contributed by atoms with Crippen LogP contribution in [0.15, 0.2) is 114 Å². The number of benzene rings is 4. The van der Waals surface area contributed by atoms with E-state index in [0.29, 0.717) is 21.5 Å². The van der Waals surface area contributed by atoms with Gasteiger partial charge in [-0.15, -0.1) is 0 Å². The van der Waals surface area contributed by atoms with E-state index in [1.165, 1.54) is 11.3 Å². The van der Waals surface area contributed by atoms with Gasteiger partial charge >= 0.3 is 5.97 Å². The van der Waals surface area contributed by atoms with Crippen LogP contribution in [0.4, 0.5) is 5.13 Å². The number of anilines is 1. The first-order chi connectivity index (χ1) is 17.7. The molecule has 0 radical (unpaired) electrons. The van der Waals surface area contributed by atoms with Gasteiger partial charge < -0.3 is 4.74 Å². The third-order valence-electron chi connectivity index (χ3n) is 5.25. The molecule has 5 rings (SSSR count). The molecular weight excluding hydrogens is 490 g/mol. The van der Waals surface area contributed by atoms with Gasteiger partial charge in [-0.05, 0) is 35.4 Å². The van der Waals surface area contributed by atoms with Crippen molar-refractivity contribution >= 4 is 40.3 Å². The Morgan fingerprint density at radius 2 is 1.56 bits per heavy atom. The molecule has 1 N–H and O–H groups in total. The van der Waals surface area contributed by atoms with Crippen LogP contribution in [0.1, 0.15) is 15.9 Å². The highest BCUT2D eigenvalue weighted by molar-refractivity contribution is 7.19. The number of rotatable bonds is 7. The molecule has 7 heteroatoms. The summed E-state index contributed by atoms with van der Waals surface area (Å²) in [6, 6.07) is 34.1. The van der Waals surface area contributed by atoms with Gasteiger partial charge in [0.15, 0.2) is 0 Å². The number of halogens is 1. The van der Waals surface area contributed by atoms with Gasteiger partial charge in [0.25, 0.3) is 0 Å². The Kier molecular flexibility index (Phi) is 7.17. The van der Waals surface area contributed by atoms with Gasteiger partial charge in [0.2, 0.25) is 5.13 Å². The maximum atomic E-state index is 12.5. The Morgan fingerprint density at radius 3 is 2.31 bits per heavy atom. The topological polar surface area (TPSA) is 63.6 Å². The van der Waals surface area contributed by atoms with Crippen LogP contribution in [-0.4, -0.2) is 17.2 Å². The molecule has 0 amide bonds. The number of carbonyl (C=O) groups is 1. The predicted molar refractivity (Wildman–Crippen MR) is 147 cm³/mol. The smallest absolute Gasteiger partial charge is 0.345 e. The summed E-state index contributed by atoms with van der Waals surface area (Å²) in [7, 11) is 0. The molecule has 0 aliphatic rings. The van der Waals surface area contributed by atoms with E-state index < -0.39 is 5.97 Å². The standard InChI is InChI=1S/C29H20ClN3O2S/c30-25-17-8-7-16-24(25)28(34)35-23-15-9-10-20(18-23)19-31-33-29-32-26(21-11-3-1-4-12-21)27(36-29)22-13-5-2-6-14-22/h1-19H,(H,32,33)/b31-19-. The van der Waals surface area contributed by atoms with Crippen LogP contribution in [0.3, 0.4) is 0 Å². The summed E-state index contributed by atoms with van der Waals surface area (Å²) in [5, 5.41) is 5.37. The van der Waals surface area contributed by atoms with E-state index >= 15 is 0 Å². The minimum atomic E-state index is -0.516. The number of hydrazone groups is 1. The fourth-order valence-electron chi connectivity index (χ4n) is 3.55. The third-order valence-corrected chi connectivity index (χ3v) is 6.59. The van der Waals surface area contributed by atoms with Gasteiger partial charge in [-0.1, -0.05) is 108 Å². The van der Waals surface area contributed by atoms with Crippen molar-refractivity contribution in [3.05, 3.63) is 125 Å². The molecule has 0 aliphatic heterocycles. The van der Waals surface area contributed by atoms with Crippen molar-refractivity contribution in [1.29, 1.82) is 0 Å². The third kappa shape index (κ3) is 5.51. The van der Waals surface area contributed by atoms with E-state index in [1.807, 2.05) is 54.6 Å². The number of hydrogen-bond donors (Lipinski definition) is 1. The summed E-state index contributed by atoms with van der Waals surface area (Å²) in [4.78, 5) is 18.3. The lowest BCUT2D eigenvalue weighted by atomic mass is 10.1. The first-order valence-corrected chi connectivity index (χ1v) is 12.3. The van der Waals surface area contributed by atoms with Gasteiger partial charge in [-0.25, -0.2) is 9.78 Å². The van der Waals surface area contributed by atoms with Crippen LogP contribution < -0.4 is 10.2 Å². The average Bonchev–Trinajstić information content (AvgIpc) is 3.34. The highest BCUT2D eigenvalue weighted by Gasteiger charge is 2.15. The largest absolute Gasteiger partial charge is 0.423 e.